The predicted molar refractivity (Wildman–Crippen MR) is 84.0 cm³/mol. The van der Waals surface area contributed by atoms with Crippen molar-refractivity contribution in [3.63, 3.8) is 0 Å². The minimum Gasteiger partial charge on any atom is -0.297 e. The van der Waals surface area contributed by atoms with E-state index >= 15 is 0 Å². The van der Waals surface area contributed by atoms with E-state index in [1.165, 1.54) is 23.1 Å². The van der Waals surface area contributed by atoms with Gasteiger partial charge in [-0.25, -0.2) is 0 Å². The first-order valence-electron chi connectivity index (χ1n) is 6.91. The zero-order valence-corrected chi connectivity index (χ0v) is 11.7. The lowest BCUT2D eigenvalue weighted by Gasteiger charge is -2.16. The van der Waals surface area contributed by atoms with Crippen LogP contribution < -0.4 is 0 Å². The lowest BCUT2D eigenvalue weighted by atomic mass is 9.88. The van der Waals surface area contributed by atoms with Gasteiger partial charge in [0.25, 0.3) is 0 Å². The van der Waals surface area contributed by atoms with Gasteiger partial charge in [-0.2, -0.15) is 0 Å². The van der Waals surface area contributed by atoms with Crippen molar-refractivity contribution in [1.82, 2.24) is 0 Å². The molecule has 0 spiro atoms. The minimum atomic E-state index is 0.393. The molecule has 0 fully saturated rings. The fourth-order valence-corrected chi connectivity index (χ4v) is 2.51. The lowest BCUT2D eigenvalue weighted by Crippen LogP contribution is -2.00. The lowest BCUT2D eigenvalue weighted by molar-refractivity contribution is 0.888. The topological polar surface area (TPSA) is 12.4 Å². The monoisotopic (exact) mass is 251 g/mol. The van der Waals surface area contributed by atoms with Gasteiger partial charge in [0.05, 0.1) is 0 Å². The van der Waals surface area contributed by atoms with E-state index in [9.17, 15) is 0 Å². The van der Waals surface area contributed by atoms with Gasteiger partial charge in [0, 0.05) is 19.2 Å². The van der Waals surface area contributed by atoms with E-state index in [1.54, 1.807) is 7.05 Å². The van der Waals surface area contributed by atoms with Crippen LogP contribution in [0.2, 0.25) is 0 Å². The van der Waals surface area contributed by atoms with Crippen LogP contribution in [-0.4, -0.2) is 13.3 Å². The molecule has 19 heavy (non-hydrogen) atoms. The number of allylic oxidation sites excluding steroid dienone is 6. The van der Waals surface area contributed by atoms with Crippen molar-refractivity contribution in [3.05, 3.63) is 71.3 Å². The van der Waals surface area contributed by atoms with Gasteiger partial charge in [-0.3, -0.25) is 4.99 Å². The SMILES string of the molecule is CCCc1ccccc1C1C=CC=C1/C=C/C=N/C. The molecule has 1 aromatic rings. The molecule has 0 saturated carbocycles. The Hall–Kier alpha value is -1.89. The van der Waals surface area contributed by atoms with E-state index in [-0.39, 0.29) is 0 Å². The summed E-state index contributed by atoms with van der Waals surface area (Å²) in [7, 11) is 1.79. The van der Waals surface area contributed by atoms with E-state index in [4.69, 9.17) is 0 Å². The molecular weight excluding hydrogens is 230 g/mol. The molecule has 1 aromatic carbocycles. The van der Waals surface area contributed by atoms with E-state index in [0.29, 0.717) is 5.92 Å². The first kappa shape index (κ1) is 13.5. The minimum absolute atomic E-state index is 0.393. The van der Waals surface area contributed by atoms with Gasteiger partial charge in [0.1, 0.15) is 0 Å². The summed E-state index contributed by atoms with van der Waals surface area (Å²) in [4.78, 5) is 3.98. The molecule has 0 heterocycles. The number of rotatable bonds is 5. The summed E-state index contributed by atoms with van der Waals surface area (Å²) in [6.07, 6.45) is 14.9. The fourth-order valence-electron chi connectivity index (χ4n) is 2.51. The Morgan fingerprint density at radius 1 is 1.26 bits per heavy atom. The van der Waals surface area contributed by atoms with E-state index in [2.05, 4.69) is 60.5 Å². The average Bonchev–Trinajstić information content (AvgIpc) is 2.88. The van der Waals surface area contributed by atoms with Gasteiger partial charge >= 0.3 is 0 Å². The van der Waals surface area contributed by atoms with Crippen molar-refractivity contribution < 1.29 is 0 Å². The summed E-state index contributed by atoms with van der Waals surface area (Å²) in [5.74, 6) is 0.393. The van der Waals surface area contributed by atoms with Crippen molar-refractivity contribution >= 4 is 6.21 Å². The quantitative estimate of drug-likeness (QED) is 0.684. The Kier molecular flexibility index (Phi) is 4.91. The van der Waals surface area contributed by atoms with Crippen LogP contribution in [0.15, 0.2) is 65.2 Å². The number of hydrogen-bond donors (Lipinski definition) is 0. The van der Waals surface area contributed by atoms with Crippen molar-refractivity contribution in [1.29, 1.82) is 0 Å². The van der Waals surface area contributed by atoms with Gasteiger partial charge in [-0.15, -0.1) is 0 Å². The second-order valence-electron chi connectivity index (χ2n) is 4.74. The highest BCUT2D eigenvalue weighted by atomic mass is 14.6. The fraction of sp³-hybridized carbons (Fsp3) is 0.278. The van der Waals surface area contributed by atoms with Crippen LogP contribution in [0.4, 0.5) is 0 Å². The number of aliphatic imine (C=N–C) groups is 1. The highest BCUT2D eigenvalue weighted by molar-refractivity contribution is 5.72. The molecule has 1 aliphatic carbocycles. The molecule has 0 aromatic heterocycles. The smallest absolute Gasteiger partial charge is 0.0277 e. The van der Waals surface area contributed by atoms with Crippen LogP contribution in [0, 0.1) is 0 Å². The predicted octanol–water partition coefficient (Wildman–Crippen LogP) is 4.48. The van der Waals surface area contributed by atoms with E-state index < -0.39 is 0 Å². The molecule has 0 N–H and O–H groups in total. The molecule has 1 nitrogen and oxygen atoms in total. The van der Waals surface area contributed by atoms with Gasteiger partial charge in [0.15, 0.2) is 0 Å². The molecule has 1 heteroatoms. The molecule has 0 radical (unpaired) electrons. The molecule has 0 aliphatic heterocycles. The van der Waals surface area contributed by atoms with Crippen LogP contribution in [0.1, 0.15) is 30.4 Å². The Morgan fingerprint density at radius 2 is 2.11 bits per heavy atom. The normalized spacial score (nSPS) is 18.6. The largest absolute Gasteiger partial charge is 0.297 e. The second-order valence-corrected chi connectivity index (χ2v) is 4.74. The molecule has 1 atom stereocenters. The van der Waals surface area contributed by atoms with E-state index in [0.717, 1.165) is 6.42 Å². The van der Waals surface area contributed by atoms with E-state index in [1.807, 2.05) is 12.3 Å². The maximum absolute atomic E-state index is 3.98. The number of aryl methyl sites for hydroxylation is 1. The van der Waals surface area contributed by atoms with Crippen LogP contribution in [0.5, 0.6) is 0 Å². The zero-order valence-electron chi connectivity index (χ0n) is 11.7. The van der Waals surface area contributed by atoms with Crippen LogP contribution in [0.3, 0.4) is 0 Å². The number of nitrogens with zero attached hydrogens (tertiary/aromatic N) is 1. The molecule has 0 amide bonds. The van der Waals surface area contributed by atoms with Gasteiger partial charge in [0.2, 0.25) is 0 Å². The third-order valence-corrected chi connectivity index (χ3v) is 3.38. The zero-order chi connectivity index (χ0) is 13.5. The first-order valence-corrected chi connectivity index (χ1v) is 6.91. The summed E-state index contributed by atoms with van der Waals surface area (Å²) in [6.45, 7) is 2.23. The third kappa shape index (κ3) is 3.31. The summed E-state index contributed by atoms with van der Waals surface area (Å²) >= 11 is 0. The van der Waals surface area contributed by atoms with Crippen LogP contribution in [-0.2, 0) is 6.42 Å². The number of hydrogen-bond acceptors (Lipinski definition) is 1. The van der Waals surface area contributed by atoms with Gasteiger partial charge < -0.3 is 0 Å². The maximum Gasteiger partial charge on any atom is 0.0277 e. The van der Waals surface area contributed by atoms with Gasteiger partial charge in [-0.1, -0.05) is 61.9 Å². The van der Waals surface area contributed by atoms with Crippen molar-refractivity contribution in [2.75, 3.05) is 7.05 Å². The average molecular weight is 251 g/mol. The Labute approximate surface area is 116 Å². The summed E-state index contributed by atoms with van der Waals surface area (Å²) in [6, 6.07) is 8.77. The molecule has 1 aliphatic rings. The summed E-state index contributed by atoms with van der Waals surface area (Å²) in [5, 5.41) is 0. The van der Waals surface area contributed by atoms with Crippen molar-refractivity contribution in [2.24, 2.45) is 4.99 Å². The summed E-state index contributed by atoms with van der Waals surface area (Å²) in [5.41, 5.74) is 4.23. The Balaban J connectivity index is 2.26. The standard InChI is InChI=1S/C18H21N/c1-3-8-15-9-4-5-12-17(15)18-13-6-10-16(18)11-7-14-19-2/h4-7,9-14,18H,3,8H2,1-2H3/b11-7+,19-14+. The molecule has 0 saturated heterocycles. The third-order valence-electron chi connectivity index (χ3n) is 3.38. The first-order chi connectivity index (χ1) is 9.36. The molecular formula is C18H21N. The van der Waals surface area contributed by atoms with Crippen LogP contribution in [0.25, 0.3) is 0 Å². The number of benzene rings is 1. The Bertz CT molecular complexity index is 532. The summed E-state index contributed by atoms with van der Waals surface area (Å²) < 4.78 is 0. The van der Waals surface area contributed by atoms with Crippen molar-refractivity contribution in [3.8, 4) is 0 Å². The molecule has 0 bridgehead atoms. The maximum atomic E-state index is 3.98. The highest BCUT2D eigenvalue weighted by Crippen LogP contribution is 2.33. The second kappa shape index (κ2) is 6.89. The molecule has 2 rings (SSSR count). The van der Waals surface area contributed by atoms with Gasteiger partial charge in [-0.05, 0) is 29.2 Å². The Morgan fingerprint density at radius 3 is 2.89 bits per heavy atom. The molecule has 98 valence electrons. The van der Waals surface area contributed by atoms with Crippen molar-refractivity contribution in [2.45, 2.75) is 25.7 Å². The highest BCUT2D eigenvalue weighted by Gasteiger charge is 2.17. The van der Waals surface area contributed by atoms with Crippen LogP contribution >= 0.6 is 0 Å². The molecule has 1 unspecified atom stereocenters.